The third kappa shape index (κ3) is 3.84. The fourth-order valence-corrected chi connectivity index (χ4v) is 2.14. The number of aliphatic hydroxyl groups excluding tert-OH is 1. The zero-order chi connectivity index (χ0) is 17.1. The number of aromatic hydroxyl groups is 1. The average molecular weight is 322 g/mol. The molecule has 2 rings (SSSR count). The number of aryl methyl sites for hydroxylation is 1. The lowest BCUT2D eigenvalue weighted by Crippen LogP contribution is -2.06. The summed E-state index contributed by atoms with van der Waals surface area (Å²) in [4.78, 5) is 10.8. The molecule has 4 nitrogen and oxygen atoms in total. The first-order chi connectivity index (χ1) is 10.8. The first-order valence-corrected chi connectivity index (χ1v) is 6.88. The highest BCUT2D eigenvalue weighted by Crippen LogP contribution is 2.33. The molecule has 0 bridgehead atoms. The molecule has 0 heterocycles. The molecule has 0 aliphatic heterocycles. The zero-order valence-electron chi connectivity index (χ0n) is 12.6. The molecule has 2 aromatic rings. The predicted molar refractivity (Wildman–Crippen MR) is 78.7 cm³/mol. The minimum absolute atomic E-state index is 0.120. The number of esters is 1. The van der Waals surface area contributed by atoms with Crippen LogP contribution in [0.1, 0.15) is 35.3 Å². The Morgan fingerprint density at radius 3 is 2.48 bits per heavy atom. The molecule has 0 aromatic heterocycles. The molecule has 6 heteroatoms. The fourth-order valence-electron chi connectivity index (χ4n) is 2.14. The molecule has 1 unspecified atom stereocenters. The Balaban J connectivity index is 2.34. The summed E-state index contributed by atoms with van der Waals surface area (Å²) in [6.45, 7) is 2.57. The van der Waals surface area contributed by atoms with E-state index in [-0.39, 0.29) is 23.3 Å². The quantitative estimate of drug-likeness (QED) is 0.849. The zero-order valence-corrected chi connectivity index (χ0v) is 12.6. The summed E-state index contributed by atoms with van der Waals surface area (Å²) in [5.41, 5.74) is 0.387. The van der Waals surface area contributed by atoms with Gasteiger partial charge in [-0.3, -0.25) is 4.79 Å². The largest absolute Gasteiger partial charge is 0.507 e. The number of phenolic OH excluding ortho intramolecular Hbond substituents is 1. The number of rotatable bonds is 4. The Morgan fingerprint density at radius 2 is 1.91 bits per heavy atom. The van der Waals surface area contributed by atoms with E-state index in [0.29, 0.717) is 5.56 Å². The van der Waals surface area contributed by atoms with Gasteiger partial charge in [-0.15, -0.1) is 0 Å². The van der Waals surface area contributed by atoms with Crippen LogP contribution in [0, 0.1) is 18.6 Å². The van der Waals surface area contributed by atoms with Crippen LogP contribution in [0.25, 0.3) is 0 Å². The van der Waals surface area contributed by atoms with E-state index in [9.17, 15) is 23.8 Å². The summed E-state index contributed by atoms with van der Waals surface area (Å²) in [6.07, 6.45) is -1.52. The summed E-state index contributed by atoms with van der Waals surface area (Å²) < 4.78 is 32.5. The molecule has 23 heavy (non-hydrogen) atoms. The predicted octanol–water partition coefficient (Wildman–Crippen LogP) is 3.12. The van der Waals surface area contributed by atoms with Gasteiger partial charge in [-0.1, -0.05) is 12.1 Å². The second kappa shape index (κ2) is 6.75. The maximum absolute atomic E-state index is 14.2. The van der Waals surface area contributed by atoms with E-state index in [4.69, 9.17) is 4.74 Å². The van der Waals surface area contributed by atoms with Crippen molar-refractivity contribution in [1.29, 1.82) is 0 Å². The van der Waals surface area contributed by atoms with Crippen LogP contribution in [-0.2, 0) is 16.1 Å². The fraction of sp³-hybridized carbons (Fsp3) is 0.235. The van der Waals surface area contributed by atoms with Crippen LogP contribution in [0.4, 0.5) is 8.78 Å². The minimum atomic E-state index is -1.52. The number of hydrogen-bond donors (Lipinski definition) is 2. The Kier molecular flexibility index (Phi) is 4.95. The van der Waals surface area contributed by atoms with Gasteiger partial charge >= 0.3 is 5.97 Å². The highest BCUT2D eigenvalue weighted by molar-refractivity contribution is 5.66. The van der Waals surface area contributed by atoms with Gasteiger partial charge in [-0.2, -0.15) is 0 Å². The van der Waals surface area contributed by atoms with Gasteiger partial charge in [0.05, 0.1) is 5.56 Å². The van der Waals surface area contributed by atoms with Crippen molar-refractivity contribution < 1.29 is 28.5 Å². The van der Waals surface area contributed by atoms with E-state index in [1.807, 2.05) is 0 Å². The van der Waals surface area contributed by atoms with Gasteiger partial charge in [0.1, 0.15) is 30.1 Å². The van der Waals surface area contributed by atoms with Crippen molar-refractivity contribution in [3.05, 3.63) is 64.2 Å². The van der Waals surface area contributed by atoms with Crippen LogP contribution < -0.4 is 0 Å². The molecular formula is C17H16F2O4. The summed E-state index contributed by atoms with van der Waals surface area (Å²) in [7, 11) is 0. The molecule has 0 fully saturated rings. The van der Waals surface area contributed by atoms with E-state index < -0.39 is 29.5 Å². The summed E-state index contributed by atoms with van der Waals surface area (Å²) in [6, 6.07) is 6.24. The number of phenols is 1. The summed E-state index contributed by atoms with van der Waals surface area (Å²) in [5.74, 6) is -2.45. The van der Waals surface area contributed by atoms with Gasteiger partial charge in [0.15, 0.2) is 0 Å². The van der Waals surface area contributed by atoms with Crippen molar-refractivity contribution in [2.45, 2.75) is 26.6 Å². The van der Waals surface area contributed by atoms with Crippen LogP contribution in [-0.4, -0.2) is 16.2 Å². The Labute approximate surface area is 132 Å². The summed E-state index contributed by atoms with van der Waals surface area (Å²) >= 11 is 0. The number of carbonyl (C=O) groups is 1. The van der Waals surface area contributed by atoms with E-state index in [2.05, 4.69) is 0 Å². The highest BCUT2D eigenvalue weighted by Gasteiger charge is 2.21. The SMILES string of the molecule is CC(=O)OCc1cc(O)c(C(O)c2ccc(C)c(F)c2)c(F)c1. The average Bonchev–Trinajstić information content (AvgIpc) is 2.47. The molecule has 0 radical (unpaired) electrons. The van der Waals surface area contributed by atoms with Crippen molar-refractivity contribution >= 4 is 5.97 Å². The molecule has 0 saturated carbocycles. The van der Waals surface area contributed by atoms with Crippen LogP contribution in [0.5, 0.6) is 5.75 Å². The highest BCUT2D eigenvalue weighted by atomic mass is 19.1. The standard InChI is InChI=1S/C17H16F2O4/c1-9-3-4-12(7-13(9)18)17(22)16-14(19)5-11(6-15(16)21)8-23-10(2)20/h3-7,17,21-22H,8H2,1-2H3. The molecule has 1 atom stereocenters. The minimum Gasteiger partial charge on any atom is -0.507 e. The topological polar surface area (TPSA) is 66.8 Å². The van der Waals surface area contributed by atoms with E-state index in [0.717, 1.165) is 12.1 Å². The third-order valence-corrected chi connectivity index (χ3v) is 3.39. The summed E-state index contributed by atoms with van der Waals surface area (Å²) in [5, 5.41) is 20.2. The normalized spacial score (nSPS) is 12.0. The lowest BCUT2D eigenvalue weighted by molar-refractivity contribution is -0.142. The lowest BCUT2D eigenvalue weighted by atomic mass is 9.97. The molecule has 0 spiro atoms. The van der Waals surface area contributed by atoms with Crippen molar-refractivity contribution in [2.75, 3.05) is 0 Å². The smallest absolute Gasteiger partial charge is 0.302 e. The number of hydrogen-bond acceptors (Lipinski definition) is 4. The molecule has 2 aromatic carbocycles. The van der Waals surface area contributed by atoms with Gasteiger partial charge in [-0.05, 0) is 41.8 Å². The van der Waals surface area contributed by atoms with Crippen LogP contribution >= 0.6 is 0 Å². The maximum atomic E-state index is 14.2. The Morgan fingerprint density at radius 1 is 1.22 bits per heavy atom. The maximum Gasteiger partial charge on any atom is 0.302 e. The first-order valence-electron chi connectivity index (χ1n) is 6.88. The van der Waals surface area contributed by atoms with Crippen molar-refractivity contribution in [1.82, 2.24) is 0 Å². The van der Waals surface area contributed by atoms with Crippen LogP contribution in [0.3, 0.4) is 0 Å². The van der Waals surface area contributed by atoms with Crippen molar-refractivity contribution in [3.63, 3.8) is 0 Å². The van der Waals surface area contributed by atoms with Gasteiger partial charge in [0.25, 0.3) is 0 Å². The molecule has 0 saturated heterocycles. The number of carbonyl (C=O) groups excluding carboxylic acids is 1. The third-order valence-electron chi connectivity index (χ3n) is 3.39. The van der Waals surface area contributed by atoms with E-state index in [1.54, 1.807) is 6.92 Å². The lowest BCUT2D eigenvalue weighted by Gasteiger charge is -2.16. The van der Waals surface area contributed by atoms with Crippen molar-refractivity contribution in [2.24, 2.45) is 0 Å². The number of aliphatic hydroxyl groups is 1. The molecule has 0 aliphatic carbocycles. The molecule has 0 amide bonds. The second-order valence-corrected chi connectivity index (χ2v) is 5.20. The van der Waals surface area contributed by atoms with Crippen LogP contribution in [0.15, 0.2) is 30.3 Å². The van der Waals surface area contributed by atoms with E-state index >= 15 is 0 Å². The van der Waals surface area contributed by atoms with Gasteiger partial charge in [0, 0.05) is 6.92 Å². The number of halogens is 2. The molecule has 122 valence electrons. The Hall–Kier alpha value is -2.47. The van der Waals surface area contributed by atoms with Gasteiger partial charge < -0.3 is 14.9 Å². The van der Waals surface area contributed by atoms with Gasteiger partial charge in [-0.25, -0.2) is 8.78 Å². The number of ether oxygens (including phenoxy) is 1. The van der Waals surface area contributed by atoms with Gasteiger partial charge in [0.2, 0.25) is 0 Å². The first kappa shape index (κ1) is 16.9. The van der Waals surface area contributed by atoms with Crippen molar-refractivity contribution in [3.8, 4) is 5.75 Å². The monoisotopic (exact) mass is 322 g/mol. The number of benzene rings is 2. The molecule has 2 N–H and O–H groups in total. The molecule has 0 aliphatic rings. The molecular weight excluding hydrogens is 306 g/mol. The van der Waals surface area contributed by atoms with E-state index in [1.165, 1.54) is 25.1 Å². The second-order valence-electron chi connectivity index (χ2n) is 5.20. The Bertz CT molecular complexity index is 720. The van der Waals surface area contributed by atoms with Crippen LogP contribution in [0.2, 0.25) is 0 Å².